The summed E-state index contributed by atoms with van der Waals surface area (Å²) in [5.41, 5.74) is -0.666. The highest BCUT2D eigenvalue weighted by Gasteiger charge is 2.34. The Morgan fingerprint density at radius 3 is 2.32 bits per heavy atom. The van der Waals surface area contributed by atoms with Gasteiger partial charge in [0.1, 0.15) is 6.04 Å². The molecular formula is C20H16F3N3O2. The molecule has 28 heavy (non-hydrogen) atoms. The molecule has 3 aromatic rings. The summed E-state index contributed by atoms with van der Waals surface area (Å²) < 4.78 is 40.3. The van der Waals surface area contributed by atoms with Gasteiger partial charge in [-0.1, -0.05) is 42.5 Å². The van der Waals surface area contributed by atoms with Gasteiger partial charge in [0.25, 0.3) is 5.56 Å². The average Bonchev–Trinajstić information content (AvgIpc) is 2.68. The largest absolute Gasteiger partial charge is 0.418 e. The summed E-state index contributed by atoms with van der Waals surface area (Å²) >= 11 is 0. The van der Waals surface area contributed by atoms with Gasteiger partial charge in [0.05, 0.1) is 16.9 Å². The lowest BCUT2D eigenvalue weighted by atomic mass is 10.1. The van der Waals surface area contributed by atoms with Crippen molar-refractivity contribution in [3.8, 4) is 11.3 Å². The number of alkyl halides is 3. The minimum atomic E-state index is -4.62. The molecule has 3 rings (SSSR count). The highest BCUT2D eigenvalue weighted by atomic mass is 19.4. The van der Waals surface area contributed by atoms with Crippen LogP contribution in [0, 0.1) is 0 Å². The summed E-state index contributed by atoms with van der Waals surface area (Å²) in [6.45, 7) is 1.40. The number of carbonyl (C=O) groups excluding carboxylic acids is 1. The van der Waals surface area contributed by atoms with Crippen LogP contribution in [-0.4, -0.2) is 15.7 Å². The normalized spacial score (nSPS) is 12.4. The highest BCUT2D eigenvalue weighted by Crippen LogP contribution is 2.34. The fourth-order valence-corrected chi connectivity index (χ4v) is 2.65. The Morgan fingerprint density at radius 1 is 1.00 bits per heavy atom. The summed E-state index contributed by atoms with van der Waals surface area (Å²) in [6.07, 6.45) is -4.62. The molecule has 0 spiro atoms. The minimum absolute atomic E-state index is 0.376. The number of halogens is 3. The van der Waals surface area contributed by atoms with Crippen LogP contribution < -0.4 is 10.9 Å². The van der Waals surface area contributed by atoms with Gasteiger partial charge in [0, 0.05) is 11.6 Å². The number of hydrogen-bond acceptors (Lipinski definition) is 3. The molecule has 0 saturated heterocycles. The van der Waals surface area contributed by atoms with E-state index in [9.17, 15) is 22.8 Å². The van der Waals surface area contributed by atoms with Gasteiger partial charge in [-0.3, -0.25) is 9.59 Å². The van der Waals surface area contributed by atoms with E-state index in [1.807, 2.05) is 6.07 Å². The van der Waals surface area contributed by atoms with E-state index in [-0.39, 0.29) is 5.69 Å². The Kier molecular flexibility index (Phi) is 5.30. The maximum Gasteiger partial charge on any atom is 0.418 e. The number of amides is 1. The van der Waals surface area contributed by atoms with Crippen LogP contribution in [0.2, 0.25) is 0 Å². The molecule has 1 unspecified atom stereocenters. The molecule has 0 saturated carbocycles. The Balaban J connectivity index is 1.90. The smallest absolute Gasteiger partial charge is 0.324 e. The second-order valence-corrected chi connectivity index (χ2v) is 6.08. The molecule has 0 aliphatic heterocycles. The Labute approximate surface area is 158 Å². The molecule has 5 nitrogen and oxygen atoms in total. The van der Waals surface area contributed by atoms with Crippen LogP contribution >= 0.6 is 0 Å². The van der Waals surface area contributed by atoms with Crippen molar-refractivity contribution < 1.29 is 18.0 Å². The first-order valence-corrected chi connectivity index (χ1v) is 8.40. The second kappa shape index (κ2) is 7.67. The summed E-state index contributed by atoms with van der Waals surface area (Å²) in [5.74, 6) is -0.781. The molecule has 0 bridgehead atoms. The Morgan fingerprint density at radius 2 is 1.64 bits per heavy atom. The third-order valence-electron chi connectivity index (χ3n) is 4.13. The molecule has 0 radical (unpaired) electrons. The van der Waals surface area contributed by atoms with Gasteiger partial charge < -0.3 is 5.32 Å². The van der Waals surface area contributed by atoms with Gasteiger partial charge in [-0.25, -0.2) is 4.68 Å². The third kappa shape index (κ3) is 4.11. The summed E-state index contributed by atoms with van der Waals surface area (Å²) in [7, 11) is 0. The maximum absolute atomic E-state index is 13.1. The van der Waals surface area contributed by atoms with Crippen LogP contribution in [-0.2, 0) is 11.0 Å². The van der Waals surface area contributed by atoms with Crippen molar-refractivity contribution in [1.82, 2.24) is 9.78 Å². The number of rotatable bonds is 4. The zero-order chi connectivity index (χ0) is 20.3. The van der Waals surface area contributed by atoms with Gasteiger partial charge in [-0.15, -0.1) is 0 Å². The van der Waals surface area contributed by atoms with Gasteiger partial charge in [-0.05, 0) is 25.1 Å². The Bertz CT molecular complexity index is 1050. The number of nitrogens with one attached hydrogen (secondary N) is 1. The summed E-state index contributed by atoms with van der Waals surface area (Å²) in [6, 6.07) is 15.3. The van der Waals surface area contributed by atoms with E-state index in [2.05, 4.69) is 10.4 Å². The van der Waals surface area contributed by atoms with Crippen LogP contribution in [0.25, 0.3) is 11.3 Å². The first-order valence-electron chi connectivity index (χ1n) is 8.40. The van der Waals surface area contributed by atoms with Crippen molar-refractivity contribution in [3.05, 3.63) is 82.6 Å². The van der Waals surface area contributed by atoms with Gasteiger partial charge in [-0.2, -0.15) is 18.3 Å². The van der Waals surface area contributed by atoms with E-state index in [0.29, 0.717) is 5.69 Å². The molecule has 1 heterocycles. The van der Waals surface area contributed by atoms with Crippen LogP contribution in [0.4, 0.5) is 18.9 Å². The molecule has 1 N–H and O–H groups in total. The molecule has 1 atom stereocenters. The fraction of sp³-hybridized carbons (Fsp3) is 0.150. The van der Waals surface area contributed by atoms with Crippen molar-refractivity contribution in [1.29, 1.82) is 0 Å². The van der Waals surface area contributed by atoms with E-state index >= 15 is 0 Å². The molecule has 1 aromatic heterocycles. The number of benzene rings is 2. The molecule has 0 aliphatic carbocycles. The third-order valence-corrected chi connectivity index (χ3v) is 4.13. The first-order chi connectivity index (χ1) is 13.3. The van der Waals surface area contributed by atoms with Crippen LogP contribution in [0.5, 0.6) is 0 Å². The molecule has 144 valence electrons. The topological polar surface area (TPSA) is 64.0 Å². The average molecular weight is 387 g/mol. The Hall–Kier alpha value is -3.42. The summed E-state index contributed by atoms with van der Waals surface area (Å²) in [4.78, 5) is 24.7. The maximum atomic E-state index is 13.1. The highest BCUT2D eigenvalue weighted by molar-refractivity contribution is 5.94. The lowest BCUT2D eigenvalue weighted by Gasteiger charge is -2.17. The van der Waals surface area contributed by atoms with Crippen LogP contribution in [0.3, 0.4) is 0 Å². The van der Waals surface area contributed by atoms with E-state index in [1.165, 1.54) is 31.2 Å². The lowest BCUT2D eigenvalue weighted by Crippen LogP contribution is -2.33. The van der Waals surface area contributed by atoms with E-state index < -0.39 is 29.2 Å². The number of carbonyl (C=O) groups is 1. The zero-order valence-corrected chi connectivity index (χ0v) is 14.8. The van der Waals surface area contributed by atoms with Crippen molar-refractivity contribution in [2.75, 3.05) is 5.32 Å². The number of para-hydroxylation sites is 1. The van der Waals surface area contributed by atoms with Crippen molar-refractivity contribution in [3.63, 3.8) is 0 Å². The van der Waals surface area contributed by atoms with E-state index in [4.69, 9.17) is 0 Å². The first kappa shape index (κ1) is 19.3. The number of anilines is 1. The lowest BCUT2D eigenvalue weighted by molar-refractivity contribution is -0.137. The number of hydrogen-bond donors (Lipinski definition) is 1. The van der Waals surface area contributed by atoms with Gasteiger partial charge in [0.2, 0.25) is 5.91 Å². The monoisotopic (exact) mass is 387 g/mol. The molecular weight excluding hydrogens is 371 g/mol. The van der Waals surface area contributed by atoms with Crippen molar-refractivity contribution in [2.24, 2.45) is 0 Å². The second-order valence-electron chi connectivity index (χ2n) is 6.08. The van der Waals surface area contributed by atoms with Crippen molar-refractivity contribution >= 4 is 11.6 Å². The van der Waals surface area contributed by atoms with Crippen LogP contribution in [0.1, 0.15) is 18.5 Å². The molecule has 2 aromatic carbocycles. The molecule has 0 aliphatic rings. The molecule has 0 fully saturated rings. The standard InChI is InChI=1S/C20H16F3N3O2/c1-13(19(28)24-17-10-6-5-9-15(17)20(21,22)23)26-18(27)12-11-16(25-26)14-7-3-2-4-8-14/h2-13H,1H3,(H,24,28). The van der Waals surface area contributed by atoms with Gasteiger partial charge >= 0.3 is 6.18 Å². The quantitative estimate of drug-likeness (QED) is 0.732. The van der Waals surface area contributed by atoms with E-state index in [1.54, 1.807) is 24.3 Å². The van der Waals surface area contributed by atoms with Gasteiger partial charge in [0.15, 0.2) is 0 Å². The predicted octanol–water partition coefficient (Wildman–Crippen LogP) is 4.13. The number of aromatic nitrogens is 2. The SMILES string of the molecule is CC(C(=O)Nc1ccccc1C(F)(F)F)n1nc(-c2ccccc2)ccc1=O. The molecule has 1 amide bonds. The predicted molar refractivity (Wildman–Crippen MR) is 98.7 cm³/mol. The van der Waals surface area contributed by atoms with Crippen LogP contribution in [0.15, 0.2) is 71.5 Å². The van der Waals surface area contributed by atoms with Crippen molar-refractivity contribution in [2.45, 2.75) is 19.1 Å². The van der Waals surface area contributed by atoms with E-state index in [0.717, 1.165) is 22.4 Å². The minimum Gasteiger partial charge on any atom is -0.324 e. The fourth-order valence-electron chi connectivity index (χ4n) is 2.65. The zero-order valence-electron chi connectivity index (χ0n) is 14.8. The number of nitrogens with zero attached hydrogens (tertiary/aromatic N) is 2. The summed E-state index contributed by atoms with van der Waals surface area (Å²) in [5, 5.41) is 6.44. The molecule has 8 heteroatoms.